The molecule has 1 aromatic rings. The standard InChI is InChI=1S/C15H22N2O3/c1-11(18)14-5-4-13(10-15(14)20)17-7-3-6-16(8-9-17)12(2)19/h4-5,10-11,18,20H,3,6-9H2,1-2H3. The number of nitrogens with zero attached hydrogens (tertiary/aromatic N) is 2. The first kappa shape index (κ1) is 14.7. The lowest BCUT2D eigenvalue weighted by atomic mass is 10.1. The Morgan fingerprint density at radius 2 is 2.00 bits per heavy atom. The van der Waals surface area contributed by atoms with Gasteiger partial charge in [0.25, 0.3) is 0 Å². The number of aliphatic hydroxyl groups is 1. The summed E-state index contributed by atoms with van der Waals surface area (Å²) in [6.07, 6.45) is 0.236. The van der Waals surface area contributed by atoms with Crippen molar-refractivity contribution >= 4 is 11.6 Å². The lowest BCUT2D eigenvalue weighted by Gasteiger charge is -2.24. The molecular formula is C15H22N2O3. The zero-order chi connectivity index (χ0) is 14.7. The Balaban J connectivity index is 2.12. The number of hydrogen-bond donors (Lipinski definition) is 2. The highest BCUT2D eigenvalue weighted by Crippen LogP contribution is 2.29. The van der Waals surface area contributed by atoms with Gasteiger partial charge in [0, 0.05) is 50.4 Å². The number of rotatable bonds is 2. The minimum Gasteiger partial charge on any atom is -0.507 e. The Morgan fingerprint density at radius 1 is 1.25 bits per heavy atom. The van der Waals surface area contributed by atoms with E-state index in [1.807, 2.05) is 11.0 Å². The number of aromatic hydroxyl groups is 1. The van der Waals surface area contributed by atoms with Gasteiger partial charge in [-0.15, -0.1) is 0 Å². The van der Waals surface area contributed by atoms with Crippen LogP contribution in [0, 0.1) is 0 Å². The highest BCUT2D eigenvalue weighted by atomic mass is 16.3. The Kier molecular flexibility index (Phi) is 4.49. The van der Waals surface area contributed by atoms with Crippen molar-refractivity contribution in [2.45, 2.75) is 26.4 Å². The number of phenols is 1. The van der Waals surface area contributed by atoms with E-state index in [2.05, 4.69) is 4.90 Å². The van der Waals surface area contributed by atoms with Crippen molar-refractivity contribution in [2.75, 3.05) is 31.1 Å². The zero-order valence-electron chi connectivity index (χ0n) is 12.0. The van der Waals surface area contributed by atoms with Gasteiger partial charge in [0.05, 0.1) is 6.10 Å². The van der Waals surface area contributed by atoms with E-state index in [1.165, 1.54) is 0 Å². The summed E-state index contributed by atoms with van der Waals surface area (Å²) in [5, 5.41) is 19.5. The molecule has 2 rings (SSSR count). The molecule has 0 spiro atoms. The maximum atomic E-state index is 11.4. The summed E-state index contributed by atoms with van der Waals surface area (Å²) >= 11 is 0. The largest absolute Gasteiger partial charge is 0.507 e. The number of amides is 1. The van der Waals surface area contributed by atoms with E-state index in [0.717, 1.165) is 31.7 Å². The van der Waals surface area contributed by atoms with Crippen molar-refractivity contribution in [2.24, 2.45) is 0 Å². The van der Waals surface area contributed by atoms with Crippen molar-refractivity contribution in [1.29, 1.82) is 0 Å². The molecule has 2 N–H and O–H groups in total. The van der Waals surface area contributed by atoms with Gasteiger partial charge >= 0.3 is 0 Å². The zero-order valence-corrected chi connectivity index (χ0v) is 12.0. The fraction of sp³-hybridized carbons (Fsp3) is 0.533. The SMILES string of the molecule is CC(=O)N1CCCN(c2ccc(C(C)O)c(O)c2)CC1. The van der Waals surface area contributed by atoms with Gasteiger partial charge in [-0.05, 0) is 19.4 Å². The van der Waals surface area contributed by atoms with Gasteiger partial charge in [-0.3, -0.25) is 4.79 Å². The highest BCUT2D eigenvalue weighted by Gasteiger charge is 2.18. The van der Waals surface area contributed by atoms with E-state index in [0.29, 0.717) is 12.1 Å². The third-order valence-electron chi connectivity index (χ3n) is 3.77. The van der Waals surface area contributed by atoms with Crippen LogP contribution in [-0.2, 0) is 4.79 Å². The Morgan fingerprint density at radius 3 is 2.60 bits per heavy atom. The predicted molar refractivity (Wildman–Crippen MR) is 77.8 cm³/mol. The smallest absolute Gasteiger partial charge is 0.219 e. The molecule has 1 aliphatic rings. The Hall–Kier alpha value is -1.75. The minimum atomic E-state index is -0.679. The molecule has 1 aliphatic heterocycles. The molecule has 0 aliphatic carbocycles. The monoisotopic (exact) mass is 278 g/mol. The second-order valence-corrected chi connectivity index (χ2v) is 5.27. The van der Waals surface area contributed by atoms with Gasteiger partial charge in [0.15, 0.2) is 0 Å². The van der Waals surface area contributed by atoms with E-state index in [-0.39, 0.29) is 11.7 Å². The summed E-state index contributed by atoms with van der Waals surface area (Å²) in [7, 11) is 0. The molecule has 0 aromatic heterocycles. The predicted octanol–water partition coefficient (Wildman–Crippen LogP) is 1.50. The first-order chi connectivity index (χ1) is 9.49. The number of hydrogen-bond acceptors (Lipinski definition) is 4. The lowest BCUT2D eigenvalue weighted by molar-refractivity contribution is -0.128. The van der Waals surface area contributed by atoms with Crippen molar-refractivity contribution in [1.82, 2.24) is 4.90 Å². The molecule has 5 heteroatoms. The molecule has 0 bridgehead atoms. The van der Waals surface area contributed by atoms with Crippen molar-refractivity contribution in [3.05, 3.63) is 23.8 Å². The van der Waals surface area contributed by atoms with Crippen molar-refractivity contribution < 1.29 is 15.0 Å². The molecule has 0 radical (unpaired) electrons. The fourth-order valence-corrected chi connectivity index (χ4v) is 2.57. The quantitative estimate of drug-likeness (QED) is 0.860. The molecule has 1 saturated heterocycles. The first-order valence-corrected chi connectivity index (χ1v) is 7.00. The average molecular weight is 278 g/mol. The van der Waals surface area contributed by atoms with Crippen LogP contribution in [0.5, 0.6) is 5.75 Å². The normalized spacial score (nSPS) is 17.8. The third-order valence-corrected chi connectivity index (χ3v) is 3.77. The Bertz CT molecular complexity index is 488. The van der Waals surface area contributed by atoms with Gasteiger partial charge < -0.3 is 20.0 Å². The number of aliphatic hydroxyl groups excluding tert-OH is 1. The van der Waals surface area contributed by atoms with Crippen LogP contribution in [0.1, 0.15) is 31.9 Å². The van der Waals surface area contributed by atoms with Gasteiger partial charge in [-0.1, -0.05) is 6.07 Å². The van der Waals surface area contributed by atoms with Crippen LogP contribution in [0.4, 0.5) is 5.69 Å². The summed E-state index contributed by atoms with van der Waals surface area (Å²) in [5.74, 6) is 0.226. The molecule has 1 unspecified atom stereocenters. The second-order valence-electron chi connectivity index (χ2n) is 5.27. The molecule has 110 valence electrons. The molecule has 1 fully saturated rings. The molecule has 1 heterocycles. The summed E-state index contributed by atoms with van der Waals surface area (Å²) in [6, 6.07) is 5.35. The van der Waals surface area contributed by atoms with Gasteiger partial charge in [-0.25, -0.2) is 0 Å². The summed E-state index contributed by atoms with van der Waals surface area (Å²) in [6.45, 7) is 6.33. The maximum absolute atomic E-state index is 11.4. The Labute approximate surface area is 119 Å². The van der Waals surface area contributed by atoms with Crippen LogP contribution in [0.15, 0.2) is 18.2 Å². The summed E-state index contributed by atoms with van der Waals surface area (Å²) in [5.41, 5.74) is 1.46. The summed E-state index contributed by atoms with van der Waals surface area (Å²) < 4.78 is 0. The molecule has 5 nitrogen and oxygen atoms in total. The number of anilines is 1. The highest BCUT2D eigenvalue weighted by molar-refractivity contribution is 5.73. The third kappa shape index (κ3) is 3.22. The summed E-state index contributed by atoms with van der Waals surface area (Å²) in [4.78, 5) is 15.4. The van der Waals surface area contributed by atoms with Gasteiger partial charge in [0.2, 0.25) is 5.91 Å². The van der Waals surface area contributed by atoms with E-state index >= 15 is 0 Å². The minimum absolute atomic E-state index is 0.110. The van der Waals surface area contributed by atoms with E-state index in [1.54, 1.807) is 26.0 Å². The van der Waals surface area contributed by atoms with Crippen molar-refractivity contribution in [3.8, 4) is 5.75 Å². The van der Waals surface area contributed by atoms with Crippen LogP contribution in [-0.4, -0.2) is 47.2 Å². The second kappa shape index (κ2) is 6.13. The van der Waals surface area contributed by atoms with Crippen LogP contribution >= 0.6 is 0 Å². The maximum Gasteiger partial charge on any atom is 0.219 e. The number of phenolic OH excluding ortho intramolecular Hbond substituents is 1. The van der Waals surface area contributed by atoms with Gasteiger partial charge in [0.1, 0.15) is 5.75 Å². The topological polar surface area (TPSA) is 64.0 Å². The molecule has 0 saturated carbocycles. The molecule has 1 atom stereocenters. The van der Waals surface area contributed by atoms with Crippen LogP contribution in [0.2, 0.25) is 0 Å². The number of carbonyl (C=O) groups excluding carboxylic acids is 1. The molecular weight excluding hydrogens is 256 g/mol. The first-order valence-electron chi connectivity index (χ1n) is 7.00. The van der Waals surface area contributed by atoms with Crippen LogP contribution in [0.3, 0.4) is 0 Å². The van der Waals surface area contributed by atoms with E-state index in [9.17, 15) is 15.0 Å². The fourth-order valence-electron chi connectivity index (χ4n) is 2.57. The van der Waals surface area contributed by atoms with Crippen LogP contribution < -0.4 is 4.90 Å². The number of benzene rings is 1. The van der Waals surface area contributed by atoms with Gasteiger partial charge in [-0.2, -0.15) is 0 Å². The number of carbonyl (C=O) groups is 1. The van der Waals surface area contributed by atoms with E-state index < -0.39 is 6.10 Å². The average Bonchev–Trinajstić information content (AvgIpc) is 2.63. The molecule has 20 heavy (non-hydrogen) atoms. The molecule has 1 aromatic carbocycles. The molecule has 1 amide bonds. The van der Waals surface area contributed by atoms with Crippen LogP contribution in [0.25, 0.3) is 0 Å². The van der Waals surface area contributed by atoms with E-state index in [4.69, 9.17) is 0 Å². The van der Waals surface area contributed by atoms with Crippen molar-refractivity contribution in [3.63, 3.8) is 0 Å². The lowest BCUT2D eigenvalue weighted by Crippen LogP contribution is -2.33.